The number of ether oxygens (including phenoxy) is 2. The van der Waals surface area contributed by atoms with E-state index in [9.17, 15) is 0 Å². The van der Waals surface area contributed by atoms with E-state index >= 15 is 0 Å². The summed E-state index contributed by atoms with van der Waals surface area (Å²) in [7, 11) is 0. The van der Waals surface area contributed by atoms with Crippen molar-refractivity contribution in [2.24, 2.45) is 0 Å². The lowest BCUT2D eigenvalue weighted by Gasteiger charge is -2.23. The number of rotatable bonds is 3. The molecule has 1 aliphatic rings. The fourth-order valence-electron chi connectivity index (χ4n) is 2.80. The highest BCUT2D eigenvalue weighted by Crippen LogP contribution is 2.22. The monoisotopic (exact) mass is 751 g/mol. The second-order valence-corrected chi connectivity index (χ2v) is 10.1. The maximum Gasteiger partial charge on any atom is 0.178 e. The second-order valence-electron chi connectivity index (χ2n) is 6.28. The first-order valence-electron chi connectivity index (χ1n) is 8.90. The predicted molar refractivity (Wildman–Crippen MR) is 138 cm³/mol. The Morgan fingerprint density at radius 3 is 2.35 bits per heavy atom. The third-order valence-corrected chi connectivity index (χ3v) is 6.58. The molecule has 0 aromatic carbocycles. The Balaban J connectivity index is 0.000000166. The molecule has 0 aliphatic carbocycles. The smallest absolute Gasteiger partial charge is 0.178 e. The zero-order valence-electron chi connectivity index (χ0n) is 15.6. The van der Waals surface area contributed by atoms with E-state index in [-0.39, 0.29) is 6.10 Å². The van der Waals surface area contributed by atoms with Crippen LogP contribution in [-0.4, -0.2) is 61.7 Å². The van der Waals surface area contributed by atoms with Crippen LogP contribution in [0.4, 0.5) is 5.69 Å². The van der Waals surface area contributed by atoms with Gasteiger partial charge in [0.2, 0.25) is 0 Å². The minimum absolute atomic E-state index is 0.0507. The molecule has 4 aromatic rings. The van der Waals surface area contributed by atoms with Crippen molar-refractivity contribution in [3.8, 4) is 0 Å². The summed E-state index contributed by atoms with van der Waals surface area (Å²) < 4.78 is 17.0. The summed E-state index contributed by atoms with van der Waals surface area (Å²) in [6, 6.07) is 3.49. The minimum Gasteiger partial charge on any atom is -0.379 e. The van der Waals surface area contributed by atoms with Crippen LogP contribution in [0.5, 0.6) is 0 Å². The van der Waals surface area contributed by atoms with Crippen molar-refractivity contribution >= 4 is 101 Å². The zero-order chi connectivity index (χ0) is 22.0. The van der Waals surface area contributed by atoms with Gasteiger partial charge in [-0.1, -0.05) is 23.2 Å². The van der Waals surface area contributed by atoms with Gasteiger partial charge in [0.05, 0.1) is 48.5 Å². The number of halogens is 5. The van der Waals surface area contributed by atoms with Gasteiger partial charge in [-0.3, -0.25) is 0 Å². The van der Waals surface area contributed by atoms with Crippen molar-refractivity contribution in [1.82, 2.24) is 29.2 Å². The van der Waals surface area contributed by atoms with Crippen LogP contribution in [0.1, 0.15) is 0 Å². The number of fused-ring (bicyclic) bond motifs is 2. The van der Waals surface area contributed by atoms with Gasteiger partial charge in [-0.2, -0.15) is 10.2 Å². The topological polar surface area (TPSA) is 90.9 Å². The van der Waals surface area contributed by atoms with Gasteiger partial charge in [-0.25, -0.2) is 19.0 Å². The molecule has 31 heavy (non-hydrogen) atoms. The van der Waals surface area contributed by atoms with E-state index in [1.54, 1.807) is 33.6 Å². The lowest BCUT2D eigenvalue weighted by atomic mass is 10.3. The maximum atomic E-state index is 6.02. The first-order chi connectivity index (χ1) is 14.9. The summed E-state index contributed by atoms with van der Waals surface area (Å²) >= 11 is 19.4. The largest absolute Gasteiger partial charge is 0.379 e. The molecule has 1 atom stereocenters. The molecule has 0 amide bonds. The molecule has 9 nitrogen and oxygen atoms in total. The van der Waals surface area contributed by atoms with E-state index in [1.165, 1.54) is 0 Å². The number of aromatic nitrogens is 6. The van der Waals surface area contributed by atoms with E-state index in [4.69, 9.17) is 32.7 Å². The van der Waals surface area contributed by atoms with Crippen LogP contribution in [0.3, 0.4) is 0 Å². The van der Waals surface area contributed by atoms with Gasteiger partial charge < -0.3 is 14.8 Å². The highest BCUT2D eigenvalue weighted by atomic mass is 127. The molecule has 1 unspecified atom stereocenters. The Hall–Kier alpha value is -0.520. The van der Waals surface area contributed by atoms with Crippen LogP contribution in [-0.2, 0) is 9.47 Å². The van der Waals surface area contributed by atoms with E-state index < -0.39 is 0 Å². The molecule has 0 bridgehead atoms. The molecular weight excluding hydrogens is 739 g/mol. The SMILES string of the molecule is Clc1cc(Br)c2ncc(I)n2n1.Clc1cc(NCC2COCCO2)c2ncc(I)n2n1. The van der Waals surface area contributed by atoms with Crippen molar-refractivity contribution < 1.29 is 9.47 Å². The Labute approximate surface area is 222 Å². The number of hydrogen-bond acceptors (Lipinski definition) is 7. The molecule has 0 saturated carbocycles. The molecule has 1 saturated heterocycles. The standard InChI is InChI=1S/C11H12ClIN4O2.C6H2BrClIN3/c12-9-3-8(11-15-5-10(13)17(11)16-9)14-4-7-6-18-1-2-19-7;7-3-1-4(8)11-12-5(9)2-10-6(3)12/h3,5,7,14H,1-2,4,6H2;1-2H. The highest BCUT2D eigenvalue weighted by Gasteiger charge is 2.16. The average molecular weight is 753 g/mol. The Bertz CT molecular complexity index is 1220. The molecule has 1 fully saturated rings. The lowest BCUT2D eigenvalue weighted by molar-refractivity contribution is -0.0818. The van der Waals surface area contributed by atoms with Gasteiger partial charge in [-0.15, -0.1) is 0 Å². The zero-order valence-corrected chi connectivity index (χ0v) is 23.0. The Morgan fingerprint density at radius 1 is 1.03 bits per heavy atom. The van der Waals surface area contributed by atoms with Gasteiger partial charge in [0.1, 0.15) is 7.40 Å². The summed E-state index contributed by atoms with van der Waals surface area (Å²) in [5.74, 6) is 0. The van der Waals surface area contributed by atoms with Gasteiger partial charge in [0.15, 0.2) is 21.6 Å². The molecule has 14 heteroatoms. The minimum atomic E-state index is 0.0507. The molecule has 0 radical (unpaired) electrons. The van der Waals surface area contributed by atoms with E-state index in [0.717, 1.165) is 28.9 Å². The van der Waals surface area contributed by atoms with Crippen molar-refractivity contribution in [3.05, 3.63) is 46.7 Å². The Morgan fingerprint density at radius 2 is 1.68 bits per heavy atom. The number of imidazole rings is 2. The van der Waals surface area contributed by atoms with Crippen LogP contribution < -0.4 is 5.32 Å². The van der Waals surface area contributed by atoms with Crippen molar-refractivity contribution in [2.75, 3.05) is 31.7 Å². The van der Waals surface area contributed by atoms with E-state index in [0.29, 0.717) is 36.7 Å². The van der Waals surface area contributed by atoms with Gasteiger partial charge in [0, 0.05) is 12.6 Å². The summed E-state index contributed by atoms with van der Waals surface area (Å²) in [6.07, 6.45) is 3.55. The summed E-state index contributed by atoms with van der Waals surface area (Å²) in [6.45, 7) is 2.56. The van der Waals surface area contributed by atoms with Crippen LogP contribution in [0.2, 0.25) is 10.3 Å². The van der Waals surface area contributed by atoms with Gasteiger partial charge >= 0.3 is 0 Å². The summed E-state index contributed by atoms with van der Waals surface area (Å²) in [5, 5.41) is 12.5. The number of nitrogens with zero attached hydrogens (tertiary/aromatic N) is 6. The first kappa shape index (κ1) is 23.6. The Kier molecular flexibility index (Phi) is 8.09. The van der Waals surface area contributed by atoms with Crippen molar-refractivity contribution in [2.45, 2.75) is 6.10 Å². The second kappa shape index (κ2) is 10.6. The van der Waals surface area contributed by atoms with Crippen molar-refractivity contribution in [3.63, 3.8) is 0 Å². The predicted octanol–water partition coefficient (Wildman–Crippen LogP) is 4.56. The number of nitrogens with one attached hydrogen (secondary N) is 1. The average Bonchev–Trinajstić information content (AvgIpc) is 3.31. The van der Waals surface area contributed by atoms with Gasteiger partial charge in [-0.05, 0) is 67.2 Å². The van der Waals surface area contributed by atoms with E-state index in [2.05, 4.69) is 86.6 Å². The molecule has 0 spiro atoms. The normalized spacial score (nSPS) is 16.4. The molecular formula is C17H14BrCl2I2N7O2. The molecule has 164 valence electrons. The third-order valence-electron chi connectivity index (χ3n) is 4.15. The van der Waals surface area contributed by atoms with E-state index in [1.807, 2.05) is 0 Å². The molecule has 5 rings (SSSR count). The highest BCUT2D eigenvalue weighted by molar-refractivity contribution is 14.1. The van der Waals surface area contributed by atoms with Crippen LogP contribution in [0.15, 0.2) is 29.0 Å². The number of hydrogen-bond donors (Lipinski definition) is 1. The van der Waals surface area contributed by atoms with Crippen molar-refractivity contribution in [1.29, 1.82) is 0 Å². The first-order valence-corrected chi connectivity index (χ1v) is 12.6. The quantitative estimate of drug-likeness (QED) is 0.307. The van der Waals surface area contributed by atoms with Crippen LogP contribution in [0.25, 0.3) is 11.3 Å². The van der Waals surface area contributed by atoms with Crippen LogP contribution in [0, 0.1) is 7.40 Å². The third kappa shape index (κ3) is 5.70. The summed E-state index contributed by atoms with van der Waals surface area (Å²) in [5.41, 5.74) is 2.38. The lowest BCUT2D eigenvalue weighted by Crippen LogP contribution is -2.34. The number of anilines is 1. The summed E-state index contributed by atoms with van der Waals surface area (Å²) in [4.78, 5) is 8.47. The maximum absolute atomic E-state index is 6.02. The molecule has 4 aromatic heterocycles. The fraction of sp³-hybridized carbons (Fsp3) is 0.294. The fourth-order valence-corrected chi connectivity index (χ4v) is 4.74. The molecule has 1 aliphatic heterocycles. The van der Waals surface area contributed by atoms with Crippen LogP contribution >= 0.6 is 84.3 Å². The molecule has 5 heterocycles. The van der Waals surface area contributed by atoms with Gasteiger partial charge in [0.25, 0.3) is 0 Å². The molecule has 1 N–H and O–H groups in total.